The van der Waals surface area contributed by atoms with E-state index in [-0.39, 0.29) is 5.41 Å². The third kappa shape index (κ3) is 4.23. The molecule has 0 radical (unpaired) electrons. The normalized spacial score (nSPS) is 11.1. The van der Waals surface area contributed by atoms with E-state index in [2.05, 4.69) is 50.2 Å². The number of unbranched alkanes of at least 4 members (excludes halogenated alkanes) is 1. The second-order valence-corrected chi connectivity index (χ2v) is 4.79. The molecule has 0 spiro atoms. The standard InChI is InChI=1S/C16H23N/c1-3-16(4-2,14-17)13-9-8-12-15-10-6-5-7-11-15/h5-7,10-11H,3-4,8-9,12-13H2,1-2H3. The molecular weight excluding hydrogens is 206 g/mol. The maximum absolute atomic E-state index is 9.24. The van der Waals surface area contributed by atoms with Gasteiger partial charge >= 0.3 is 0 Å². The quantitative estimate of drug-likeness (QED) is 0.620. The van der Waals surface area contributed by atoms with Gasteiger partial charge in [0.15, 0.2) is 0 Å². The van der Waals surface area contributed by atoms with E-state index in [0.717, 1.165) is 32.1 Å². The number of nitrogens with zero attached hydrogens (tertiary/aromatic N) is 1. The lowest BCUT2D eigenvalue weighted by Crippen LogP contribution is -2.16. The third-order valence-electron chi connectivity index (χ3n) is 3.80. The van der Waals surface area contributed by atoms with E-state index in [1.54, 1.807) is 0 Å². The van der Waals surface area contributed by atoms with Crippen LogP contribution < -0.4 is 0 Å². The van der Waals surface area contributed by atoms with Crippen LogP contribution in [0.3, 0.4) is 0 Å². The molecule has 0 saturated heterocycles. The lowest BCUT2D eigenvalue weighted by molar-refractivity contribution is 0.324. The van der Waals surface area contributed by atoms with Crippen molar-refractivity contribution in [3.8, 4) is 6.07 Å². The number of hydrogen-bond donors (Lipinski definition) is 0. The smallest absolute Gasteiger partial charge is 0.0689 e. The minimum Gasteiger partial charge on any atom is -0.198 e. The molecule has 1 nitrogen and oxygen atoms in total. The van der Waals surface area contributed by atoms with Crippen molar-refractivity contribution in [2.45, 2.75) is 52.4 Å². The molecule has 0 atom stereocenters. The van der Waals surface area contributed by atoms with Gasteiger partial charge in [-0.3, -0.25) is 0 Å². The Bertz CT molecular complexity index is 344. The lowest BCUT2D eigenvalue weighted by atomic mass is 9.79. The monoisotopic (exact) mass is 229 g/mol. The van der Waals surface area contributed by atoms with Crippen LogP contribution in [0.4, 0.5) is 0 Å². The zero-order chi connectivity index (χ0) is 12.6. The summed E-state index contributed by atoms with van der Waals surface area (Å²) in [5, 5.41) is 9.24. The van der Waals surface area contributed by atoms with Gasteiger partial charge in [0.05, 0.1) is 11.5 Å². The highest BCUT2D eigenvalue weighted by Gasteiger charge is 2.24. The predicted molar refractivity (Wildman–Crippen MR) is 72.6 cm³/mol. The van der Waals surface area contributed by atoms with E-state index < -0.39 is 0 Å². The molecule has 0 aliphatic carbocycles. The van der Waals surface area contributed by atoms with Gasteiger partial charge in [0.1, 0.15) is 0 Å². The van der Waals surface area contributed by atoms with Crippen molar-refractivity contribution in [3.63, 3.8) is 0 Å². The fourth-order valence-corrected chi connectivity index (χ4v) is 2.25. The Labute approximate surface area is 105 Å². The molecule has 1 aromatic rings. The van der Waals surface area contributed by atoms with Crippen LogP contribution in [-0.2, 0) is 6.42 Å². The van der Waals surface area contributed by atoms with Crippen LogP contribution in [0.15, 0.2) is 30.3 Å². The molecule has 0 N–H and O–H groups in total. The highest BCUT2D eigenvalue weighted by atomic mass is 14.4. The van der Waals surface area contributed by atoms with Gasteiger partial charge in [-0.2, -0.15) is 5.26 Å². The van der Waals surface area contributed by atoms with E-state index >= 15 is 0 Å². The first-order valence-corrected chi connectivity index (χ1v) is 6.71. The Morgan fingerprint density at radius 2 is 1.71 bits per heavy atom. The molecule has 0 bridgehead atoms. The molecule has 17 heavy (non-hydrogen) atoms. The minimum absolute atomic E-state index is 0.0727. The summed E-state index contributed by atoms with van der Waals surface area (Å²) in [5.41, 5.74) is 1.33. The summed E-state index contributed by atoms with van der Waals surface area (Å²) in [7, 11) is 0. The Balaban J connectivity index is 2.31. The summed E-state index contributed by atoms with van der Waals surface area (Å²) in [5.74, 6) is 0. The highest BCUT2D eigenvalue weighted by molar-refractivity contribution is 5.14. The molecule has 0 unspecified atom stereocenters. The Hall–Kier alpha value is -1.29. The average Bonchev–Trinajstić information content (AvgIpc) is 2.41. The molecule has 0 heterocycles. The SMILES string of the molecule is CCC(C#N)(CC)CCCCc1ccccc1. The third-order valence-corrected chi connectivity index (χ3v) is 3.80. The van der Waals surface area contributed by atoms with Gasteiger partial charge in [0.25, 0.3) is 0 Å². The highest BCUT2D eigenvalue weighted by Crippen LogP contribution is 2.31. The summed E-state index contributed by atoms with van der Waals surface area (Å²) in [6, 6.07) is 13.1. The molecule has 0 aromatic heterocycles. The summed E-state index contributed by atoms with van der Waals surface area (Å²) >= 11 is 0. The molecular formula is C16H23N. The van der Waals surface area contributed by atoms with E-state index in [9.17, 15) is 5.26 Å². The number of aryl methyl sites for hydroxylation is 1. The fraction of sp³-hybridized carbons (Fsp3) is 0.562. The van der Waals surface area contributed by atoms with Crippen LogP contribution in [0.2, 0.25) is 0 Å². The van der Waals surface area contributed by atoms with Gasteiger partial charge < -0.3 is 0 Å². The first-order chi connectivity index (χ1) is 8.26. The number of hydrogen-bond acceptors (Lipinski definition) is 1. The zero-order valence-corrected chi connectivity index (χ0v) is 11.1. The first-order valence-electron chi connectivity index (χ1n) is 6.71. The van der Waals surface area contributed by atoms with E-state index in [4.69, 9.17) is 0 Å². The molecule has 0 amide bonds. The molecule has 0 saturated carbocycles. The molecule has 92 valence electrons. The fourth-order valence-electron chi connectivity index (χ4n) is 2.25. The molecule has 0 aliphatic rings. The topological polar surface area (TPSA) is 23.8 Å². The van der Waals surface area contributed by atoms with Crippen LogP contribution in [-0.4, -0.2) is 0 Å². The van der Waals surface area contributed by atoms with Gasteiger partial charge in [0.2, 0.25) is 0 Å². The molecule has 1 heteroatoms. The van der Waals surface area contributed by atoms with Gasteiger partial charge in [-0.05, 0) is 37.7 Å². The van der Waals surface area contributed by atoms with E-state index in [1.807, 2.05) is 0 Å². The van der Waals surface area contributed by atoms with Crippen molar-refractivity contribution in [2.75, 3.05) is 0 Å². The van der Waals surface area contributed by atoms with Crippen LogP contribution in [0.25, 0.3) is 0 Å². The summed E-state index contributed by atoms with van der Waals surface area (Å²) in [6.07, 6.45) is 6.48. The Kier molecular flexibility index (Phi) is 5.77. The second kappa shape index (κ2) is 7.12. The van der Waals surface area contributed by atoms with Crippen molar-refractivity contribution in [1.29, 1.82) is 5.26 Å². The van der Waals surface area contributed by atoms with Crippen LogP contribution in [0.5, 0.6) is 0 Å². The van der Waals surface area contributed by atoms with Crippen molar-refractivity contribution in [3.05, 3.63) is 35.9 Å². The summed E-state index contributed by atoms with van der Waals surface area (Å²) in [6.45, 7) is 4.26. The largest absolute Gasteiger partial charge is 0.198 e. The van der Waals surface area contributed by atoms with Gasteiger partial charge in [-0.25, -0.2) is 0 Å². The maximum Gasteiger partial charge on any atom is 0.0689 e. The minimum atomic E-state index is -0.0727. The Morgan fingerprint density at radius 1 is 1.06 bits per heavy atom. The van der Waals surface area contributed by atoms with Gasteiger partial charge in [0, 0.05) is 0 Å². The van der Waals surface area contributed by atoms with E-state index in [1.165, 1.54) is 12.0 Å². The van der Waals surface area contributed by atoms with Gasteiger partial charge in [-0.1, -0.05) is 50.6 Å². The molecule has 1 aromatic carbocycles. The number of rotatable bonds is 7. The van der Waals surface area contributed by atoms with Crippen molar-refractivity contribution in [1.82, 2.24) is 0 Å². The van der Waals surface area contributed by atoms with E-state index in [0.29, 0.717) is 0 Å². The zero-order valence-electron chi connectivity index (χ0n) is 11.1. The molecule has 1 rings (SSSR count). The summed E-state index contributed by atoms with van der Waals surface area (Å²) < 4.78 is 0. The molecule has 0 fully saturated rings. The Morgan fingerprint density at radius 3 is 2.24 bits per heavy atom. The predicted octanol–water partition coefficient (Wildman–Crippen LogP) is 4.73. The second-order valence-electron chi connectivity index (χ2n) is 4.79. The summed E-state index contributed by atoms with van der Waals surface area (Å²) in [4.78, 5) is 0. The van der Waals surface area contributed by atoms with Gasteiger partial charge in [-0.15, -0.1) is 0 Å². The first kappa shape index (κ1) is 13.8. The van der Waals surface area contributed by atoms with Crippen molar-refractivity contribution in [2.24, 2.45) is 5.41 Å². The number of nitriles is 1. The van der Waals surface area contributed by atoms with Crippen LogP contribution >= 0.6 is 0 Å². The number of benzene rings is 1. The van der Waals surface area contributed by atoms with Crippen LogP contribution in [0, 0.1) is 16.7 Å². The average molecular weight is 229 g/mol. The van der Waals surface area contributed by atoms with Crippen molar-refractivity contribution >= 4 is 0 Å². The lowest BCUT2D eigenvalue weighted by Gasteiger charge is -2.22. The molecule has 0 aliphatic heterocycles. The maximum atomic E-state index is 9.24. The van der Waals surface area contributed by atoms with Crippen LogP contribution in [0.1, 0.15) is 51.5 Å². The van der Waals surface area contributed by atoms with Crippen molar-refractivity contribution < 1.29 is 0 Å².